The van der Waals surface area contributed by atoms with Crippen LogP contribution in [0.5, 0.6) is 5.75 Å². The first-order valence-corrected chi connectivity index (χ1v) is 10.4. The number of hydrogen-bond donors (Lipinski definition) is 0. The number of rotatable bonds is 8. The maximum absolute atomic E-state index is 12.6. The molecule has 0 bridgehead atoms. The first kappa shape index (κ1) is 23.1. The van der Waals surface area contributed by atoms with Crippen LogP contribution in [0.25, 0.3) is 17.4 Å². The highest BCUT2D eigenvalue weighted by Crippen LogP contribution is 2.36. The Hall–Kier alpha value is -3.60. The number of benzene rings is 1. The number of methoxy groups -OCH3 is 1. The average Bonchev–Trinajstić information content (AvgIpc) is 3.33. The summed E-state index contributed by atoms with van der Waals surface area (Å²) in [4.78, 5) is 48.4. The Balaban J connectivity index is 1.80. The third-order valence-corrected chi connectivity index (χ3v) is 5.54. The van der Waals surface area contributed by atoms with Crippen molar-refractivity contribution >= 4 is 40.6 Å². The molecule has 2 heterocycles. The Bertz CT molecular complexity index is 1110. The van der Waals surface area contributed by atoms with Gasteiger partial charge in [0.25, 0.3) is 16.8 Å². The third kappa shape index (κ3) is 4.99. The minimum atomic E-state index is -0.671. The summed E-state index contributed by atoms with van der Waals surface area (Å²) >= 11 is 0.667. The van der Waals surface area contributed by atoms with Gasteiger partial charge in [-0.1, -0.05) is 6.92 Å². The van der Waals surface area contributed by atoms with Gasteiger partial charge in [0.05, 0.1) is 34.7 Å². The summed E-state index contributed by atoms with van der Waals surface area (Å²) in [5.74, 6) is -0.558. The van der Waals surface area contributed by atoms with Gasteiger partial charge in [-0.05, 0) is 49.4 Å². The van der Waals surface area contributed by atoms with Crippen molar-refractivity contribution in [3.05, 3.63) is 51.1 Å². The van der Waals surface area contributed by atoms with E-state index in [0.29, 0.717) is 23.9 Å². The number of esters is 1. The van der Waals surface area contributed by atoms with E-state index in [2.05, 4.69) is 0 Å². The minimum Gasteiger partial charge on any atom is -0.497 e. The van der Waals surface area contributed by atoms with Crippen molar-refractivity contribution in [1.29, 1.82) is 0 Å². The molecular weight excluding hydrogens is 440 g/mol. The first-order chi connectivity index (χ1) is 15.2. The molecule has 10 nitrogen and oxygen atoms in total. The minimum absolute atomic E-state index is 0.0662. The fourth-order valence-electron chi connectivity index (χ4n) is 2.81. The van der Waals surface area contributed by atoms with Crippen LogP contribution in [0, 0.1) is 10.1 Å². The van der Waals surface area contributed by atoms with Gasteiger partial charge in [0.15, 0.2) is 0 Å². The first-order valence-electron chi connectivity index (χ1n) is 9.61. The number of nitro benzene ring substituents is 1. The number of imide groups is 1. The summed E-state index contributed by atoms with van der Waals surface area (Å²) in [5, 5.41) is 10.8. The highest BCUT2D eigenvalue weighted by molar-refractivity contribution is 8.18. The van der Waals surface area contributed by atoms with Gasteiger partial charge in [-0.3, -0.25) is 29.4 Å². The maximum Gasteiger partial charge on any atom is 0.326 e. The number of nitrogens with zero attached hydrogens (tertiary/aromatic N) is 2. The Morgan fingerprint density at radius 2 is 2.06 bits per heavy atom. The fourth-order valence-corrected chi connectivity index (χ4v) is 3.63. The lowest BCUT2D eigenvalue weighted by Gasteiger charge is -2.14. The van der Waals surface area contributed by atoms with Crippen LogP contribution in [0.2, 0.25) is 0 Å². The molecule has 1 aliphatic rings. The topological polar surface area (TPSA) is 129 Å². The van der Waals surface area contributed by atoms with Gasteiger partial charge in [0, 0.05) is 6.08 Å². The quantitative estimate of drug-likeness (QED) is 0.246. The van der Waals surface area contributed by atoms with Crippen LogP contribution in [0.4, 0.5) is 10.5 Å². The van der Waals surface area contributed by atoms with E-state index < -0.39 is 28.6 Å². The molecule has 0 saturated carbocycles. The van der Waals surface area contributed by atoms with Crippen molar-refractivity contribution in [2.45, 2.75) is 26.4 Å². The number of hydrogen-bond acceptors (Lipinski definition) is 9. The van der Waals surface area contributed by atoms with E-state index in [1.807, 2.05) is 6.92 Å². The van der Waals surface area contributed by atoms with Gasteiger partial charge in [0.2, 0.25) is 0 Å². The molecule has 1 saturated heterocycles. The second kappa shape index (κ2) is 9.69. The van der Waals surface area contributed by atoms with Crippen LogP contribution >= 0.6 is 11.8 Å². The number of furan rings is 1. The van der Waals surface area contributed by atoms with Crippen LogP contribution in [-0.2, 0) is 14.3 Å². The Labute approximate surface area is 187 Å². The SMILES string of the molecule is CC[C@H](C)OC(=O)CN1C(=O)S/C(=C/c2ccc(-c3ccc(OC)cc3[N+](=O)[O-])o2)C1=O. The summed E-state index contributed by atoms with van der Waals surface area (Å²) in [6.07, 6.45) is 1.64. The summed E-state index contributed by atoms with van der Waals surface area (Å²) in [7, 11) is 1.40. The number of ether oxygens (including phenoxy) is 2. The monoisotopic (exact) mass is 460 g/mol. The van der Waals surface area contributed by atoms with Crippen molar-refractivity contribution in [3.63, 3.8) is 0 Å². The zero-order valence-electron chi connectivity index (χ0n) is 17.5. The van der Waals surface area contributed by atoms with Crippen molar-refractivity contribution in [3.8, 4) is 17.1 Å². The molecule has 11 heteroatoms. The van der Waals surface area contributed by atoms with E-state index >= 15 is 0 Å². The predicted octanol–water partition coefficient (Wildman–Crippen LogP) is 4.24. The Kier molecular flexibility index (Phi) is 6.98. The highest BCUT2D eigenvalue weighted by atomic mass is 32.2. The number of carbonyl (C=O) groups excluding carboxylic acids is 3. The molecule has 0 aliphatic carbocycles. The van der Waals surface area contributed by atoms with E-state index in [1.165, 1.54) is 37.5 Å². The van der Waals surface area contributed by atoms with Crippen molar-refractivity contribution in [2.24, 2.45) is 0 Å². The standard InChI is InChI=1S/C21H20N2O8S/c1-4-12(2)30-19(24)11-22-20(25)18(32-21(22)26)10-14-6-8-17(31-14)15-7-5-13(29-3)9-16(15)23(27)28/h5-10,12H,4,11H2,1-3H3/b18-10+/t12-/m0/s1. The molecule has 0 N–H and O–H groups in total. The smallest absolute Gasteiger partial charge is 0.326 e. The van der Waals surface area contributed by atoms with Crippen LogP contribution in [0.1, 0.15) is 26.0 Å². The Morgan fingerprint density at radius 3 is 2.72 bits per heavy atom. The largest absolute Gasteiger partial charge is 0.497 e. The van der Waals surface area contributed by atoms with Crippen molar-refractivity contribution in [2.75, 3.05) is 13.7 Å². The van der Waals surface area contributed by atoms with Crippen molar-refractivity contribution in [1.82, 2.24) is 4.90 Å². The van der Waals surface area contributed by atoms with Gasteiger partial charge in [-0.2, -0.15) is 0 Å². The molecule has 0 unspecified atom stereocenters. The molecule has 1 aromatic carbocycles. The predicted molar refractivity (Wildman–Crippen MR) is 116 cm³/mol. The van der Waals surface area contributed by atoms with E-state index in [0.717, 1.165) is 4.90 Å². The van der Waals surface area contributed by atoms with E-state index in [1.54, 1.807) is 13.0 Å². The molecule has 2 aromatic rings. The summed E-state index contributed by atoms with van der Waals surface area (Å²) < 4.78 is 15.8. The van der Waals surface area contributed by atoms with Crippen LogP contribution < -0.4 is 4.74 Å². The molecule has 3 rings (SSSR count). The second-order valence-corrected chi connectivity index (χ2v) is 7.81. The molecule has 168 valence electrons. The lowest BCUT2D eigenvalue weighted by molar-refractivity contribution is -0.384. The lowest BCUT2D eigenvalue weighted by atomic mass is 10.1. The van der Waals surface area contributed by atoms with Crippen LogP contribution in [-0.4, -0.2) is 46.7 Å². The summed E-state index contributed by atoms with van der Waals surface area (Å²) in [5.41, 5.74) is 0.0294. The molecule has 0 radical (unpaired) electrons. The van der Waals surface area contributed by atoms with Crippen LogP contribution in [0.15, 0.2) is 39.7 Å². The fraction of sp³-hybridized carbons (Fsp3) is 0.286. The Morgan fingerprint density at radius 1 is 1.31 bits per heavy atom. The molecule has 2 amide bonds. The number of amides is 2. The molecule has 1 fully saturated rings. The van der Waals surface area contributed by atoms with Crippen LogP contribution in [0.3, 0.4) is 0 Å². The van der Waals surface area contributed by atoms with E-state index in [-0.39, 0.29) is 33.8 Å². The maximum atomic E-state index is 12.6. The number of nitro groups is 1. The second-order valence-electron chi connectivity index (χ2n) is 6.82. The average molecular weight is 460 g/mol. The summed E-state index contributed by atoms with van der Waals surface area (Å²) in [6, 6.07) is 7.38. The molecule has 1 aliphatic heterocycles. The summed E-state index contributed by atoms with van der Waals surface area (Å²) in [6.45, 7) is 3.08. The van der Waals surface area contributed by atoms with Gasteiger partial charge >= 0.3 is 5.97 Å². The van der Waals surface area contributed by atoms with Gasteiger partial charge in [0.1, 0.15) is 23.8 Å². The zero-order valence-corrected chi connectivity index (χ0v) is 18.3. The normalized spacial score (nSPS) is 15.8. The van der Waals surface area contributed by atoms with Gasteiger partial charge in [-0.15, -0.1) is 0 Å². The number of carbonyl (C=O) groups is 3. The number of thioether (sulfide) groups is 1. The molecule has 1 atom stereocenters. The molecule has 0 spiro atoms. The van der Waals surface area contributed by atoms with Crippen molar-refractivity contribution < 1.29 is 33.2 Å². The van der Waals surface area contributed by atoms with E-state index in [9.17, 15) is 24.5 Å². The van der Waals surface area contributed by atoms with Gasteiger partial charge in [-0.25, -0.2) is 0 Å². The third-order valence-electron chi connectivity index (χ3n) is 4.64. The lowest BCUT2D eigenvalue weighted by Crippen LogP contribution is -2.35. The van der Waals surface area contributed by atoms with Gasteiger partial charge < -0.3 is 13.9 Å². The molecular formula is C21H20N2O8S. The molecule has 1 aromatic heterocycles. The zero-order chi connectivity index (χ0) is 23.4. The molecule has 32 heavy (non-hydrogen) atoms. The van der Waals surface area contributed by atoms with E-state index in [4.69, 9.17) is 13.9 Å². The highest BCUT2D eigenvalue weighted by Gasteiger charge is 2.37.